The first kappa shape index (κ1) is 11.8. The quantitative estimate of drug-likeness (QED) is 0.576. The van der Waals surface area contributed by atoms with Gasteiger partial charge in [-0.15, -0.1) is 0 Å². The summed E-state index contributed by atoms with van der Waals surface area (Å²) in [5.41, 5.74) is 1.57. The van der Waals surface area contributed by atoms with Gasteiger partial charge in [-0.1, -0.05) is 0 Å². The van der Waals surface area contributed by atoms with E-state index in [1.807, 2.05) is 6.07 Å². The Kier molecular flexibility index (Phi) is 3.85. The van der Waals surface area contributed by atoms with E-state index in [0.29, 0.717) is 37.3 Å². The third kappa shape index (κ3) is 2.90. The lowest BCUT2D eigenvalue weighted by molar-refractivity contribution is -0.108. The minimum atomic E-state index is 0.124. The highest BCUT2D eigenvalue weighted by molar-refractivity contribution is 5.96. The molecule has 0 amide bonds. The second-order valence-electron chi connectivity index (χ2n) is 4.11. The van der Waals surface area contributed by atoms with Crippen molar-refractivity contribution >= 4 is 12.1 Å². The van der Waals surface area contributed by atoms with E-state index in [0.717, 1.165) is 24.7 Å². The number of unbranched alkanes of at least 4 members (excludes halogenated alkanes) is 1. The van der Waals surface area contributed by atoms with E-state index in [2.05, 4.69) is 4.98 Å². The van der Waals surface area contributed by atoms with Gasteiger partial charge in [0.05, 0.1) is 12.8 Å². The van der Waals surface area contributed by atoms with Gasteiger partial charge in [0.25, 0.3) is 0 Å². The van der Waals surface area contributed by atoms with E-state index in [9.17, 15) is 9.59 Å². The number of hydrogen-bond donors (Lipinski definition) is 0. The maximum absolute atomic E-state index is 11.6. The molecule has 1 aliphatic carbocycles. The third-order valence-electron chi connectivity index (χ3n) is 2.79. The predicted octanol–water partition coefficient (Wildman–Crippen LogP) is 1.96. The van der Waals surface area contributed by atoms with Crippen LogP contribution in [0.25, 0.3) is 0 Å². The Morgan fingerprint density at radius 3 is 3.12 bits per heavy atom. The van der Waals surface area contributed by atoms with Crippen LogP contribution in [-0.4, -0.2) is 23.7 Å². The number of aryl methyl sites for hydroxylation is 1. The molecule has 0 N–H and O–H groups in total. The Morgan fingerprint density at radius 2 is 2.29 bits per heavy atom. The highest BCUT2D eigenvalue weighted by Crippen LogP contribution is 2.23. The summed E-state index contributed by atoms with van der Waals surface area (Å²) in [5.74, 6) is 0.808. The zero-order chi connectivity index (χ0) is 12.1. The first-order chi connectivity index (χ1) is 8.31. The van der Waals surface area contributed by atoms with Gasteiger partial charge in [-0.25, -0.2) is 4.98 Å². The van der Waals surface area contributed by atoms with Crippen molar-refractivity contribution in [1.82, 2.24) is 4.98 Å². The van der Waals surface area contributed by atoms with Gasteiger partial charge in [0.1, 0.15) is 17.7 Å². The van der Waals surface area contributed by atoms with Crippen molar-refractivity contribution in [2.75, 3.05) is 6.61 Å². The molecule has 90 valence electrons. The monoisotopic (exact) mass is 233 g/mol. The SMILES string of the molecule is O=CCCCOc1cnc2c(c1)CCCC2=O. The molecule has 0 fully saturated rings. The Balaban J connectivity index is 2.00. The van der Waals surface area contributed by atoms with E-state index < -0.39 is 0 Å². The lowest BCUT2D eigenvalue weighted by Gasteiger charge is -2.14. The van der Waals surface area contributed by atoms with Crippen LogP contribution in [-0.2, 0) is 11.2 Å². The second-order valence-corrected chi connectivity index (χ2v) is 4.11. The van der Waals surface area contributed by atoms with Gasteiger partial charge in [0.15, 0.2) is 5.78 Å². The maximum atomic E-state index is 11.6. The van der Waals surface area contributed by atoms with Crippen molar-refractivity contribution in [3.8, 4) is 5.75 Å². The van der Waals surface area contributed by atoms with Crippen molar-refractivity contribution in [3.63, 3.8) is 0 Å². The Labute approximate surface area is 100 Å². The number of aldehydes is 1. The van der Waals surface area contributed by atoms with Gasteiger partial charge in [0.2, 0.25) is 0 Å². The van der Waals surface area contributed by atoms with Crippen molar-refractivity contribution < 1.29 is 14.3 Å². The fourth-order valence-corrected chi connectivity index (χ4v) is 1.92. The number of nitrogens with zero attached hydrogens (tertiary/aromatic N) is 1. The number of rotatable bonds is 5. The fourth-order valence-electron chi connectivity index (χ4n) is 1.92. The zero-order valence-electron chi connectivity index (χ0n) is 9.65. The van der Waals surface area contributed by atoms with Crippen LogP contribution >= 0.6 is 0 Å². The summed E-state index contributed by atoms with van der Waals surface area (Å²) in [6.45, 7) is 0.507. The highest BCUT2D eigenvalue weighted by Gasteiger charge is 2.18. The number of fused-ring (bicyclic) bond motifs is 1. The third-order valence-corrected chi connectivity index (χ3v) is 2.79. The fraction of sp³-hybridized carbons (Fsp3) is 0.462. The summed E-state index contributed by atoms with van der Waals surface area (Å²) >= 11 is 0. The van der Waals surface area contributed by atoms with Crippen LogP contribution in [0.4, 0.5) is 0 Å². The average molecular weight is 233 g/mol. The van der Waals surface area contributed by atoms with Gasteiger partial charge in [-0.2, -0.15) is 0 Å². The molecule has 1 aromatic rings. The molecule has 0 bridgehead atoms. The Morgan fingerprint density at radius 1 is 1.41 bits per heavy atom. The molecule has 0 spiro atoms. The number of hydrogen-bond acceptors (Lipinski definition) is 4. The summed E-state index contributed by atoms with van der Waals surface area (Å²) in [5, 5.41) is 0. The van der Waals surface area contributed by atoms with Crippen LogP contribution in [0.1, 0.15) is 41.7 Å². The number of pyridine rings is 1. The summed E-state index contributed by atoms with van der Waals surface area (Å²) in [7, 11) is 0. The summed E-state index contributed by atoms with van der Waals surface area (Å²) in [6.07, 6.45) is 6.06. The molecule has 1 aliphatic rings. The Hall–Kier alpha value is -1.71. The zero-order valence-corrected chi connectivity index (χ0v) is 9.65. The van der Waals surface area contributed by atoms with Crippen LogP contribution in [0, 0.1) is 0 Å². The van der Waals surface area contributed by atoms with Crippen LogP contribution in [0.5, 0.6) is 5.75 Å². The molecule has 0 aromatic carbocycles. The predicted molar refractivity (Wildman–Crippen MR) is 62.3 cm³/mol. The van der Waals surface area contributed by atoms with E-state index in [-0.39, 0.29) is 5.78 Å². The smallest absolute Gasteiger partial charge is 0.181 e. The Bertz CT molecular complexity index is 429. The van der Waals surface area contributed by atoms with Crippen molar-refractivity contribution in [2.24, 2.45) is 0 Å². The summed E-state index contributed by atoms with van der Waals surface area (Å²) in [4.78, 5) is 25.8. The molecular formula is C13H15NO3. The first-order valence-corrected chi connectivity index (χ1v) is 5.90. The van der Waals surface area contributed by atoms with Gasteiger partial charge in [-0.05, 0) is 30.9 Å². The average Bonchev–Trinajstić information content (AvgIpc) is 2.35. The largest absolute Gasteiger partial charge is 0.492 e. The lowest BCUT2D eigenvalue weighted by atomic mass is 9.95. The van der Waals surface area contributed by atoms with Gasteiger partial charge in [0, 0.05) is 12.8 Å². The van der Waals surface area contributed by atoms with E-state index >= 15 is 0 Å². The molecule has 0 radical (unpaired) electrons. The molecule has 0 atom stereocenters. The number of ketones is 1. The van der Waals surface area contributed by atoms with Gasteiger partial charge >= 0.3 is 0 Å². The number of ether oxygens (including phenoxy) is 1. The maximum Gasteiger partial charge on any atom is 0.181 e. The lowest BCUT2D eigenvalue weighted by Crippen LogP contribution is -2.13. The second kappa shape index (κ2) is 5.57. The minimum absolute atomic E-state index is 0.124. The molecule has 1 aromatic heterocycles. The molecular weight excluding hydrogens is 218 g/mol. The number of aromatic nitrogens is 1. The van der Waals surface area contributed by atoms with Crippen molar-refractivity contribution in [1.29, 1.82) is 0 Å². The summed E-state index contributed by atoms with van der Waals surface area (Å²) < 4.78 is 5.48. The minimum Gasteiger partial charge on any atom is -0.492 e. The molecule has 17 heavy (non-hydrogen) atoms. The first-order valence-electron chi connectivity index (χ1n) is 5.90. The van der Waals surface area contributed by atoms with Gasteiger partial charge in [-0.3, -0.25) is 4.79 Å². The molecule has 1 heterocycles. The van der Waals surface area contributed by atoms with Gasteiger partial charge < -0.3 is 9.53 Å². The standard InChI is InChI=1S/C13H15NO3/c15-6-1-2-7-17-11-8-10-4-3-5-12(16)13(10)14-9-11/h6,8-9H,1-5,7H2. The molecule has 0 saturated carbocycles. The summed E-state index contributed by atoms with van der Waals surface area (Å²) in [6, 6.07) is 1.89. The van der Waals surface area contributed by atoms with Crippen LogP contribution in [0.3, 0.4) is 0 Å². The van der Waals surface area contributed by atoms with E-state index in [1.165, 1.54) is 0 Å². The molecule has 4 heteroatoms. The van der Waals surface area contributed by atoms with Crippen molar-refractivity contribution in [2.45, 2.75) is 32.1 Å². The van der Waals surface area contributed by atoms with Crippen molar-refractivity contribution in [3.05, 3.63) is 23.5 Å². The normalized spacial score (nSPS) is 14.2. The molecule has 4 nitrogen and oxygen atoms in total. The highest BCUT2D eigenvalue weighted by atomic mass is 16.5. The molecule has 2 rings (SSSR count). The van der Waals surface area contributed by atoms with Crippen LogP contribution < -0.4 is 4.74 Å². The topological polar surface area (TPSA) is 56.3 Å². The number of carbonyl (C=O) groups excluding carboxylic acids is 2. The van der Waals surface area contributed by atoms with E-state index in [4.69, 9.17) is 4.74 Å². The molecule has 0 unspecified atom stereocenters. The molecule has 0 aliphatic heterocycles. The number of carbonyl (C=O) groups is 2. The van der Waals surface area contributed by atoms with Crippen LogP contribution in [0.15, 0.2) is 12.3 Å². The number of Topliss-reactive ketones (excluding diaryl/α,β-unsaturated/α-hetero) is 1. The molecule has 0 saturated heterocycles. The van der Waals surface area contributed by atoms with Crippen LogP contribution in [0.2, 0.25) is 0 Å². The van der Waals surface area contributed by atoms with E-state index in [1.54, 1.807) is 6.20 Å².